The molecule has 84 valence electrons. The lowest BCUT2D eigenvalue weighted by molar-refractivity contribution is -0.160. The SMILES string of the molecule is COCC(C)NCC(C)(O)C(=O)OC. The summed E-state index contributed by atoms with van der Waals surface area (Å²) in [6.07, 6.45) is 0. The summed E-state index contributed by atoms with van der Waals surface area (Å²) < 4.78 is 9.34. The third kappa shape index (κ3) is 4.55. The van der Waals surface area contributed by atoms with Crippen LogP contribution in [0.2, 0.25) is 0 Å². The fourth-order valence-electron chi connectivity index (χ4n) is 0.974. The Kier molecular flexibility index (Phi) is 5.68. The van der Waals surface area contributed by atoms with Gasteiger partial charge in [-0.2, -0.15) is 0 Å². The monoisotopic (exact) mass is 205 g/mol. The van der Waals surface area contributed by atoms with Crippen LogP contribution in [0, 0.1) is 0 Å². The van der Waals surface area contributed by atoms with Crippen LogP contribution in [0.25, 0.3) is 0 Å². The third-order valence-corrected chi connectivity index (χ3v) is 1.84. The molecular formula is C9H19NO4. The largest absolute Gasteiger partial charge is 0.467 e. The normalized spacial score (nSPS) is 17.2. The molecule has 0 aromatic heterocycles. The molecule has 0 aromatic carbocycles. The van der Waals surface area contributed by atoms with E-state index in [1.807, 2.05) is 6.92 Å². The molecule has 0 saturated heterocycles. The van der Waals surface area contributed by atoms with E-state index in [1.54, 1.807) is 7.11 Å². The molecule has 5 heteroatoms. The van der Waals surface area contributed by atoms with Gasteiger partial charge in [0.1, 0.15) is 0 Å². The van der Waals surface area contributed by atoms with Crippen LogP contribution in [0.1, 0.15) is 13.8 Å². The minimum Gasteiger partial charge on any atom is -0.467 e. The summed E-state index contributed by atoms with van der Waals surface area (Å²) in [6, 6.07) is 0.0798. The predicted octanol–water partition coefficient (Wildman–Crippen LogP) is -0.465. The number of nitrogens with one attached hydrogen (secondary N) is 1. The van der Waals surface area contributed by atoms with Gasteiger partial charge in [0.2, 0.25) is 0 Å². The lowest BCUT2D eigenvalue weighted by Crippen LogP contribution is -2.48. The molecule has 2 atom stereocenters. The van der Waals surface area contributed by atoms with Gasteiger partial charge >= 0.3 is 5.97 Å². The van der Waals surface area contributed by atoms with Crippen LogP contribution in [-0.4, -0.2) is 50.1 Å². The van der Waals surface area contributed by atoms with E-state index in [9.17, 15) is 9.90 Å². The number of rotatable bonds is 6. The zero-order chi connectivity index (χ0) is 11.2. The summed E-state index contributed by atoms with van der Waals surface area (Å²) in [5, 5.41) is 12.6. The lowest BCUT2D eigenvalue weighted by Gasteiger charge is -2.23. The van der Waals surface area contributed by atoms with Crippen molar-refractivity contribution in [3.05, 3.63) is 0 Å². The van der Waals surface area contributed by atoms with Gasteiger partial charge in [-0.3, -0.25) is 0 Å². The average molecular weight is 205 g/mol. The number of hydrogen-bond acceptors (Lipinski definition) is 5. The lowest BCUT2D eigenvalue weighted by atomic mass is 10.1. The minimum atomic E-state index is -1.49. The Morgan fingerprint density at radius 2 is 2.14 bits per heavy atom. The second-order valence-electron chi connectivity index (χ2n) is 3.50. The number of ether oxygens (including phenoxy) is 2. The van der Waals surface area contributed by atoms with Gasteiger partial charge < -0.3 is 19.9 Å². The standard InChI is InChI=1S/C9H19NO4/c1-7(5-13-3)10-6-9(2,12)8(11)14-4/h7,10,12H,5-6H2,1-4H3. The first-order chi connectivity index (χ1) is 6.44. The van der Waals surface area contributed by atoms with Gasteiger partial charge in [-0.05, 0) is 13.8 Å². The first kappa shape index (κ1) is 13.4. The molecular weight excluding hydrogens is 186 g/mol. The van der Waals surface area contributed by atoms with Crippen molar-refractivity contribution in [2.45, 2.75) is 25.5 Å². The fraction of sp³-hybridized carbons (Fsp3) is 0.889. The highest BCUT2D eigenvalue weighted by molar-refractivity contribution is 5.78. The highest BCUT2D eigenvalue weighted by Gasteiger charge is 2.31. The van der Waals surface area contributed by atoms with Crippen molar-refractivity contribution in [2.75, 3.05) is 27.4 Å². The Hall–Kier alpha value is -0.650. The van der Waals surface area contributed by atoms with Crippen LogP contribution in [0.3, 0.4) is 0 Å². The number of carbonyl (C=O) groups is 1. The van der Waals surface area contributed by atoms with Crippen molar-refractivity contribution in [3.8, 4) is 0 Å². The molecule has 0 heterocycles. The number of esters is 1. The molecule has 0 aliphatic rings. The van der Waals surface area contributed by atoms with E-state index in [0.29, 0.717) is 6.61 Å². The molecule has 0 saturated carbocycles. The Labute approximate surface area is 84.4 Å². The molecule has 0 spiro atoms. The second-order valence-corrected chi connectivity index (χ2v) is 3.50. The van der Waals surface area contributed by atoms with Crippen molar-refractivity contribution in [3.63, 3.8) is 0 Å². The van der Waals surface area contributed by atoms with Crippen LogP contribution < -0.4 is 5.32 Å². The van der Waals surface area contributed by atoms with E-state index >= 15 is 0 Å². The smallest absolute Gasteiger partial charge is 0.338 e. The van der Waals surface area contributed by atoms with Crippen molar-refractivity contribution in [1.82, 2.24) is 5.32 Å². The number of carbonyl (C=O) groups excluding carboxylic acids is 1. The molecule has 0 amide bonds. The zero-order valence-electron chi connectivity index (χ0n) is 9.16. The summed E-state index contributed by atoms with van der Waals surface area (Å²) in [7, 11) is 2.84. The van der Waals surface area contributed by atoms with E-state index < -0.39 is 11.6 Å². The molecule has 0 aliphatic carbocycles. The molecule has 0 fully saturated rings. The van der Waals surface area contributed by atoms with Crippen LogP contribution in [0.15, 0.2) is 0 Å². The van der Waals surface area contributed by atoms with Crippen LogP contribution in [-0.2, 0) is 14.3 Å². The van der Waals surface area contributed by atoms with Gasteiger partial charge in [0, 0.05) is 19.7 Å². The maximum atomic E-state index is 11.1. The van der Waals surface area contributed by atoms with Gasteiger partial charge in [-0.15, -0.1) is 0 Å². The summed E-state index contributed by atoms with van der Waals surface area (Å²) in [4.78, 5) is 11.1. The first-order valence-electron chi connectivity index (χ1n) is 4.47. The van der Waals surface area contributed by atoms with Crippen LogP contribution in [0.4, 0.5) is 0 Å². The molecule has 2 N–H and O–H groups in total. The minimum absolute atomic E-state index is 0.0798. The molecule has 0 rings (SSSR count). The summed E-state index contributed by atoms with van der Waals surface area (Å²) >= 11 is 0. The maximum absolute atomic E-state index is 11.1. The van der Waals surface area contributed by atoms with Gasteiger partial charge in [-0.25, -0.2) is 4.79 Å². The van der Waals surface area contributed by atoms with Gasteiger partial charge in [0.05, 0.1) is 13.7 Å². The molecule has 2 unspecified atom stereocenters. The van der Waals surface area contributed by atoms with Crippen molar-refractivity contribution < 1.29 is 19.4 Å². The number of methoxy groups -OCH3 is 2. The Morgan fingerprint density at radius 3 is 2.57 bits per heavy atom. The average Bonchev–Trinajstić information content (AvgIpc) is 2.14. The first-order valence-corrected chi connectivity index (χ1v) is 4.47. The maximum Gasteiger partial charge on any atom is 0.338 e. The van der Waals surface area contributed by atoms with E-state index in [2.05, 4.69) is 10.1 Å². The zero-order valence-corrected chi connectivity index (χ0v) is 9.16. The molecule has 5 nitrogen and oxygen atoms in total. The van der Waals surface area contributed by atoms with E-state index in [-0.39, 0.29) is 12.6 Å². The number of aliphatic hydroxyl groups is 1. The molecule has 0 radical (unpaired) electrons. The van der Waals surface area contributed by atoms with E-state index in [0.717, 1.165) is 0 Å². The molecule has 0 aliphatic heterocycles. The van der Waals surface area contributed by atoms with Crippen molar-refractivity contribution in [2.24, 2.45) is 0 Å². The summed E-state index contributed by atoms with van der Waals surface area (Å²) in [6.45, 7) is 3.98. The topological polar surface area (TPSA) is 67.8 Å². The Balaban J connectivity index is 3.92. The summed E-state index contributed by atoms with van der Waals surface area (Å²) in [5.41, 5.74) is -1.49. The third-order valence-electron chi connectivity index (χ3n) is 1.84. The quantitative estimate of drug-likeness (QED) is 0.574. The molecule has 0 aromatic rings. The van der Waals surface area contributed by atoms with Crippen molar-refractivity contribution >= 4 is 5.97 Å². The van der Waals surface area contributed by atoms with Gasteiger partial charge in [0.15, 0.2) is 5.60 Å². The summed E-state index contributed by atoms with van der Waals surface area (Å²) in [5.74, 6) is -0.644. The highest BCUT2D eigenvalue weighted by Crippen LogP contribution is 2.04. The van der Waals surface area contributed by atoms with Crippen LogP contribution >= 0.6 is 0 Å². The molecule has 14 heavy (non-hydrogen) atoms. The highest BCUT2D eigenvalue weighted by atomic mass is 16.5. The van der Waals surface area contributed by atoms with Crippen molar-refractivity contribution in [1.29, 1.82) is 0 Å². The molecule has 0 bridgehead atoms. The second kappa shape index (κ2) is 5.95. The Bertz CT molecular complexity index is 182. The predicted molar refractivity (Wildman–Crippen MR) is 52.0 cm³/mol. The van der Waals surface area contributed by atoms with Crippen LogP contribution in [0.5, 0.6) is 0 Å². The van der Waals surface area contributed by atoms with Gasteiger partial charge in [0.25, 0.3) is 0 Å². The number of hydrogen-bond donors (Lipinski definition) is 2. The van der Waals surface area contributed by atoms with Gasteiger partial charge in [-0.1, -0.05) is 0 Å². The van der Waals surface area contributed by atoms with E-state index in [4.69, 9.17) is 4.74 Å². The Morgan fingerprint density at radius 1 is 1.57 bits per heavy atom. The van der Waals surface area contributed by atoms with E-state index in [1.165, 1.54) is 14.0 Å². The fourth-order valence-corrected chi connectivity index (χ4v) is 0.974.